The van der Waals surface area contributed by atoms with Crippen molar-refractivity contribution in [3.63, 3.8) is 0 Å². The van der Waals surface area contributed by atoms with E-state index in [9.17, 15) is 0 Å². The van der Waals surface area contributed by atoms with Crippen LogP contribution in [0.2, 0.25) is 0 Å². The van der Waals surface area contributed by atoms with Crippen molar-refractivity contribution in [2.75, 3.05) is 0 Å². The molecule has 0 aliphatic rings. The predicted octanol–water partition coefficient (Wildman–Crippen LogP) is 4.22. The van der Waals surface area contributed by atoms with Gasteiger partial charge < -0.3 is 5.73 Å². The van der Waals surface area contributed by atoms with Gasteiger partial charge >= 0.3 is 0 Å². The molecule has 0 aliphatic carbocycles. The molecule has 1 heterocycles. The van der Waals surface area contributed by atoms with E-state index in [1.165, 1.54) is 32.0 Å². The molecule has 0 bridgehead atoms. The number of hydrogen-bond acceptors (Lipinski definition) is 2. The summed E-state index contributed by atoms with van der Waals surface area (Å²) in [6.45, 7) is 8.65. The molecule has 0 saturated heterocycles. The Morgan fingerprint density at radius 2 is 1.67 bits per heavy atom. The Kier molecular flexibility index (Phi) is 3.88. The number of thiophene rings is 1. The first kappa shape index (κ1) is 13.3. The zero-order valence-corrected chi connectivity index (χ0v) is 12.4. The Bertz CT molecular complexity index is 514. The van der Waals surface area contributed by atoms with E-state index >= 15 is 0 Å². The molecule has 0 fully saturated rings. The molecule has 1 unspecified atom stereocenters. The minimum atomic E-state index is 0.113. The third-order valence-electron chi connectivity index (χ3n) is 3.62. The second-order valence-corrected chi connectivity index (χ2v) is 6.36. The monoisotopic (exact) mass is 259 g/mol. The molecule has 1 aromatic carbocycles. The summed E-state index contributed by atoms with van der Waals surface area (Å²) in [4.78, 5) is 2.68. The highest BCUT2D eigenvalue weighted by molar-refractivity contribution is 7.12. The Morgan fingerprint density at radius 3 is 2.17 bits per heavy atom. The van der Waals surface area contributed by atoms with Crippen molar-refractivity contribution in [2.45, 2.75) is 40.2 Å². The minimum Gasteiger partial charge on any atom is -0.323 e. The zero-order valence-electron chi connectivity index (χ0n) is 11.6. The Labute approximate surface area is 114 Å². The van der Waals surface area contributed by atoms with Gasteiger partial charge in [-0.25, -0.2) is 0 Å². The maximum atomic E-state index is 6.36. The smallest absolute Gasteiger partial charge is 0.0431 e. The summed E-state index contributed by atoms with van der Waals surface area (Å²) in [5, 5.41) is 0. The molecule has 2 heteroatoms. The molecule has 96 valence electrons. The van der Waals surface area contributed by atoms with Gasteiger partial charge in [-0.3, -0.25) is 0 Å². The molecule has 1 atom stereocenters. The molecule has 18 heavy (non-hydrogen) atoms. The van der Waals surface area contributed by atoms with E-state index in [1.807, 2.05) is 11.3 Å². The Balaban J connectivity index is 2.23. The van der Waals surface area contributed by atoms with Gasteiger partial charge in [-0.1, -0.05) is 18.2 Å². The summed E-state index contributed by atoms with van der Waals surface area (Å²) in [6.07, 6.45) is 0.928. The molecule has 2 rings (SSSR count). The maximum Gasteiger partial charge on any atom is 0.0431 e. The van der Waals surface area contributed by atoms with Crippen molar-refractivity contribution in [3.8, 4) is 0 Å². The van der Waals surface area contributed by atoms with Crippen molar-refractivity contribution >= 4 is 11.3 Å². The van der Waals surface area contributed by atoms with Crippen molar-refractivity contribution in [2.24, 2.45) is 5.73 Å². The molecular formula is C16H21NS. The van der Waals surface area contributed by atoms with Crippen LogP contribution in [-0.4, -0.2) is 0 Å². The van der Waals surface area contributed by atoms with Crippen molar-refractivity contribution in [1.82, 2.24) is 0 Å². The van der Waals surface area contributed by atoms with Crippen LogP contribution in [0.1, 0.15) is 38.0 Å². The lowest BCUT2D eigenvalue weighted by atomic mass is 9.96. The van der Waals surface area contributed by atoms with Gasteiger partial charge in [0, 0.05) is 15.8 Å². The SMILES string of the molecule is Cc1cc(C(N)Cc2c(C)cccc2C)sc1C. The van der Waals surface area contributed by atoms with Crippen molar-refractivity contribution in [1.29, 1.82) is 0 Å². The van der Waals surface area contributed by atoms with Crippen LogP contribution in [0.15, 0.2) is 24.3 Å². The van der Waals surface area contributed by atoms with Gasteiger partial charge in [0.2, 0.25) is 0 Å². The van der Waals surface area contributed by atoms with Gasteiger partial charge in [-0.15, -0.1) is 11.3 Å². The van der Waals surface area contributed by atoms with Gasteiger partial charge in [0.25, 0.3) is 0 Å². The second kappa shape index (κ2) is 5.25. The molecule has 2 N–H and O–H groups in total. The highest BCUT2D eigenvalue weighted by Crippen LogP contribution is 2.28. The van der Waals surface area contributed by atoms with Crippen LogP contribution < -0.4 is 5.73 Å². The minimum absolute atomic E-state index is 0.113. The van der Waals surface area contributed by atoms with Crippen LogP contribution in [0.4, 0.5) is 0 Å². The molecule has 2 aromatic rings. The lowest BCUT2D eigenvalue weighted by molar-refractivity contribution is 0.729. The van der Waals surface area contributed by atoms with E-state index in [2.05, 4.69) is 52.0 Å². The van der Waals surface area contributed by atoms with Gasteiger partial charge in [0.1, 0.15) is 0 Å². The van der Waals surface area contributed by atoms with E-state index in [0.29, 0.717) is 0 Å². The third kappa shape index (κ3) is 2.65. The second-order valence-electron chi connectivity index (χ2n) is 5.07. The third-order valence-corrected chi connectivity index (χ3v) is 4.90. The first-order valence-electron chi connectivity index (χ1n) is 6.36. The van der Waals surface area contributed by atoms with E-state index in [0.717, 1.165) is 6.42 Å². The fourth-order valence-electron chi connectivity index (χ4n) is 2.28. The summed E-state index contributed by atoms with van der Waals surface area (Å²) in [5.41, 5.74) is 11.8. The fourth-order valence-corrected chi connectivity index (χ4v) is 3.32. The molecule has 0 radical (unpaired) electrons. The number of rotatable bonds is 3. The first-order valence-corrected chi connectivity index (χ1v) is 7.18. The number of nitrogens with two attached hydrogens (primary N) is 1. The van der Waals surface area contributed by atoms with E-state index in [-0.39, 0.29) is 6.04 Å². The molecule has 0 spiro atoms. The predicted molar refractivity (Wildman–Crippen MR) is 80.3 cm³/mol. The van der Waals surface area contributed by atoms with E-state index in [4.69, 9.17) is 5.73 Å². The molecule has 1 aromatic heterocycles. The number of hydrogen-bond donors (Lipinski definition) is 1. The molecular weight excluding hydrogens is 238 g/mol. The summed E-state index contributed by atoms with van der Waals surface area (Å²) >= 11 is 1.83. The summed E-state index contributed by atoms with van der Waals surface area (Å²) in [7, 11) is 0. The zero-order chi connectivity index (χ0) is 13.3. The average Bonchev–Trinajstić information content (AvgIpc) is 2.64. The lowest BCUT2D eigenvalue weighted by Crippen LogP contribution is -2.13. The Morgan fingerprint density at radius 1 is 1.06 bits per heavy atom. The van der Waals surface area contributed by atoms with Crippen molar-refractivity contribution < 1.29 is 0 Å². The first-order chi connectivity index (χ1) is 8.49. The molecule has 1 nitrogen and oxygen atoms in total. The van der Waals surface area contributed by atoms with Crippen LogP contribution in [0, 0.1) is 27.7 Å². The van der Waals surface area contributed by atoms with Crippen LogP contribution >= 0.6 is 11.3 Å². The number of benzene rings is 1. The summed E-state index contributed by atoms with van der Waals surface area (Å²) in [6, 6.07) is 8.79. The van der Waals surface area contributed by atoms with Gasteiger partial charge in [0.15, 0.2) is 0 Å². The quantitative estimate of drug-likeness (QED) is 0.877. The largest absolute Gasteiger partial charge is 0.323 e. The normalized spacial score (nSPS) is 12.7. The van der Waals surface area contributed by atoms with Crippen LogP contribution in [0.25, 0.3) is 0 Å². The summed E-state index contributed by atoms with van der Waals surface area (Å²) < 4.78 is 0. The van der Waals surface area contributed by atoms with Gasteiger partial charge in [-0.05, 0) is 62.4 Å². The molecule has 0 amide bonds. The summed E-state index contributed by atoms with van der Waals surface area (Å²) in [5.74, 6) is 0. The highest BCUT2D eigenvalue weighted by atomic mass is 32.1. The van der Waals surface area contributed by atoms with Crippen LogP contribution in [0.3, 0.4) is 0 Å². The van der Waals surface area contributed by atoms with Crippen LogP contribution in [0.5, 0.6) is 0 Å². The van der Waals surface area contributed by atoms with Crippen LogP contribution in [-0.2, 0) is 6.42 Å². The maximum absolute atomic E-state index is 6.36. The topological polar surface area (TPSA) is 26.0 Å². The average molecular weight is 259 g/mol. The fraction of sp³-hybridized carbons (Fsp3) is 0.375. The highest BCUT2D eigenvalue weighted by Gasteiger charge is 2.13. The van der Waals surface area contributed by atoms with E-state index < -0.39 is 0 Å². The van der Waals surface area contributed by atoms with Crippen molar-refractivity contribution in [3.05, 3.63) is 56.3 Å². The number of aryl methyl sites for hydroxylation is 4. The molecule has 0 aliphatic heterocycles. The van der Waals surface area contributed by atoms with Gasteiger partial charge in [-0.2, -0.15) is 0 Å². The Hall–Kier alpha value is -1.12. The lowest BCUT2D eigenvalue weighted by Gasteiger charge is -2.14. The van der Waals surface area contributed by atoms with Gasteiger partial charge in [0.05, 0.1) is 0 Å². The van der Waals surface area contributed by atoms with E-state index in [1.54, 1.807) is 0 Å². The standard InChI is InChI=1S/C16H21NS/c1-10-6-5-7-11(2)14(10)9-15(17)16-8-12(3)13(4)18-16/h5-8,15H,9,17H2,1-4H3. The molecule has 0 saturated carbocycles.